The number of esters is 1. The molecule has 1 rings (SSSR count). The Balaban J connectivity index is 0.00000225. The molecule has 0 saturated carbocycles. The molecule has 5 nitrogen and oxygen atoms in total. The van der Waals surface area contributed by atoms with Crippen LogP contribution in [0.4, 0.5) is 5.69 Å². The van der Waals surface area contributed by atoms with Gasteiger partial charge in [-0.1, -0.05) is 6.07 Å². The average Bonchev–Trinajstić information content (AvgIpc) is 2.17. The van der Waals surface area contributed by atoms with Gasteiger partial charge in [0.1, 0.15) is 0 Å². The quantitative estimate of drug-likeness (QED) is 0.381. The van der Waals surface area contributed by atoms with E-state index in [2.05, 4.69) is 0 Å². The van der Waals surface area contributed by atoms with Crippen molar-refractivity contribution in [2.24, 2.45) is 0 Å². The molecule has 0 aliphatic heterocycles. The lowest BCUT2D eigenvalue weighted by atomic mass is 9.78. The van der Waals surface area contributed by atoms with Gasteiger partial charge in [0.25, 0.3) is 0 Å². The van der Waals surface area contributed by atoms with Gasteiger partial charge in [0, 0.05) is 11.2 Å². The Hall–Kier alpha value is -1.24. The number of rotatable bonds is 3. The number of ether oxygens (including phenoxy) is 1. The summed E-state index contributed by atoms with van der Waals surface area (Å²) < 4.78 is 4.76. The van der Waals surface area contributed by atoms with Crippen LogP contribution in [0.25, 0.3) is 0 Å². The van der Waals surface area contributed by atoms with Crippen molar-refractivity contribution in [3.05, 3.63) is 23.8 Å². The topological polar surface area (TPSA) is 92.8 Å². The van der Waals surface area contributed by atoms with Gasteiger partial charge in [0.15, 0.2) is 0 Å². The summed E-state index contributed by atoms with van der Waals surface area (Å²) in [5, 5.41) is 17.8. The van der Waals surface area contributed by atoms with Crippen LogP contribution in [-0.4, -0.2) is 29.7 Å². The fourth-order valence-corrected chi connectivity index (χ4v) is 1.15. The maximum atomic E-state index is 11.3. The summed E-state index contributed by atoms with van der Waals surface area (Å²) >= 11 is 0. The van der Waals surface area contributed by atoms with Gasteiger partial charge in [-0.15, -0.1) is 12.4 Å². The highest BCUT2D eigenvalue weighted by atomic mass is 35.5. The van der Waals surface area contributed by atoms with Gasteiger partial charge in [0.2, 0.25) is 0 Å². The largest absolute Gasteiger partial charge is 0.490 e. The summed E-state index contributed by atoms with van der Waals surface area (Å²) in [5.41, 5.74) is 6.14. The SMILES string of the molecule is CCOC(=O)c1ccc(B(O)O)c(N)c1.Cl. The fraction of sp³-hybridized carbons (Fsp3) is 0.222. The molecule has 4 N–H and O–H groups in total. The molecule has 0 fully saturated rings. The van der Waals surface area contributed by atoms with Crippen LogP contribution < -0.4 is 11.2 Å². The molecule has 0 bridgehead atoms. The van der Waals surface area contributed by atoms with E-state index in [0.29, 0.717) is 5.56 Å². The molecular formula is C9H13BClNO4. The monoisotopic (exact) mass is 245 g/mol. The molecule has 0 aromatic heterocycles. The van der Waals surface area contributed by atoms with Gasteiger partial charge in [0.05, 0.1) is 12.2 Å². The highest BCUT2D eigenvalue weighted by Gasteiger charge is 2.16. The number of anilines is 1. The van der Waals surface area contributed by atoms with E-state index in [9.17, 15) is 4.79 Å². The van der Waals surface area contributed by atoms with Crippen LogP contribution in [0, 0.1) is 0 Å². The standard InChI is InChI=1S/C9H12BNO4.ClH/c1-2-15-9(12)6-3-4-7(10(13)14)8(11)5-6;/h3-5,13-14H,2,11H2,1H3;1H. The highest BCUT2D eigenvalue weighted by molar-refractivity contribution is 6.60. The normalized spacial score (nSPS) is 9.19. The Bertz CT molecular complexity index is 373. The molecule has 0 aliphatic carbocycles. The lowest BCUT2D eigenvalue weighted by Gasteiger charge is -2.06. The van der Waals surface area contributed by atoms with Crippen molar-refractivity contribution in [3.63, 3.8) is 0 Å². The summed E-state index contributed by atoms with van der Waals surface area (Å²) in [6, 6.07) is 4.17. The first-order chi connectivity index (χ1) is 7.06. The van der Waals surface area contributed by atoms with Gasteiger partial charge in [-0.3, -0.25) is 0 Å². The molecule has 0 amide bonds. The second kappa shape index (κ2) is 6.37. The second-order valence-corrected chi connectivity index (χ2v) is 2.94. The van der Waals surface area contributed by atoms with E-state index in [1.807, 2.05) is 0 Å². The Morgan fingerprint density at radius 3 is 2.56 bits per heavy atom. The van der Waals surface area contributed by atoms with Crippen LogP contribution in [0.1, 0.15) is 17.3 Å². The Labute approximate surface area is 99.8 Å². The van der Waals surface area contributed by atoms with E-state index in [0.717, 1.165) is 0 Å². The van der Waals surface area contributed by atoms with Crippen LogP contribution in [0.3, 0.4) is 0 Å². The predicted octanol–water partition coefficient (Wildman–Crippen LogP) is -0.453. The van der Waals surface area contributed by atoms with E-state index in [4.69, 9.17) is 20.5 Å². The molecule has 1 aromatic rings. The number of nitrogens with two attached hydrogens (primary N) is 1. The van der Waals surface area contributed by atoms with Crippen molar-refractivity contribution in [1.29, 1.82) is 0 Å². The second-order valence-electron chi connectivity index (χ2n) is 2.94. The minimum atomic E-state index is -1.64. The first-order valence-electron chi connectivity index (χ1n) is 4.49. The molecule has 7 heteroatoms. The molecule has 0 unspecified atom stereocenters. The van der Waals surface area contributed by atoms with Crippen LogP contribution in [0.2, 0.25) is 0 Å². The highest BCUT2D eigenvalue weighted by Crippen LogP contribution is 2.06. The molecule has 16 heavy (non-hydrogen) atoms. The molecular weight excluding hydrogens is 232 g/mol. The van der Waals surface area contributed by atoms with E-state index < -0.39 is 13.1 Å². The summed E-state index contributed by atoms with van der Waals surface area (Å²) in [5.74, 6) is -0.483. The number of carbonyl (C=O) groups is 1. The zero-order chi connectivity index (χ0) is 11.4. The molecule has 88 valence electrons. The fourth-order valence-electron chi connectivity index (χ4n) is 1.15. The van der Waals surface area contributed by atoms with Gasteiger partial charge >= 0.3 is 13.1 Å². The number of nitrogen functional groups attached to an aromatic ring is 1. The Morgan fingerprint density at radius 2 is 2.12 bits per heavy atom. The van der Waals surface area contributed by atoms with Crippen molar-refractivity contribution < 1.29 is 19.6 Å². The van der Waals surface area contributed by atoms with Gasteiger partial charge in [-0.25, -0.2) is 4.79 Å². The van der Waals surface area contributed by atoms with Gasteiger partial charge in [-0.2, -0.15) is 0 Å². The predicted molar refractivity (Wildman–Crippen MR) is 63.9 cm³/mol. The first-order valence-corrected chi connectivity index (χ1v) is 4.49. The van der Waals surface area contributed by atoms with Crippen molar-refractivity contribution in [2.45, 2.75) is 6.92 Å². The van der Waals surface area contributed by atoms with E-state index in [-0.39, 0.29) is 30.2 Å². The third-order valence-electron chi connectivity index (χ3n) is 1.88. The van der Waals surface area contributed by atoms with Crippen molar-refractivity contribution in [3.8, 4) is 0 Å². The third-order valence-corrected chi connectivity index (χ3v) is 1.88. The zero-order valence-corrected chi connectivity index (χ0v) is 9.53. The van der Waals surface area contributed by atoms with Crippen LogP contribution in [0.5, 0.6) is 0 Å². The maximum Gasteiger partial charge on any atom is 0.490 e. The number of carbonyl (C=O) groups excluding carboxylic acids is 1. The van der Waals surface area contributed by atoms with Crippen LogP contribution >= 0.6 is 12.4 Å². The minimum absolute atomic E-state index is 0. The van der Waals surface area contributed by atoms with Crippen molar-refractivity contribution in [1.82, 2.24) is 0 Å². The molecule has 0 saturated heterocycles. The lowest BCUT2D eigenvalue weighted by molar-refractivity contribution is 0.0526. The van der Waals surface area contributed by atoms with Gasteiger partial charge < -0.3 is 20.5 Å². The molecule has 0 aliphatic rings. The maximum absolute atomic E-state index is 11.3. The summed E-state index contributed by atoms with van der Waals surface area (Å²) in [7, 11) is -1.64. The number of hydrogen-bond donors (Lipinski definition) is 3. The van der Waals surface area contributed by atoms with Crippen molar-refractivity contribution in [2.75, 3.05) is 12.3 Å². The molecule has 0 spiro atoms. The van der Waals surface area contributed by atoms with Crippen LogP contribution in [-0.2, 0) is 4.74 Å². The zero-order valence-electron chi connectivity index (χ0n) is 8.71. The van der Waals surface area contributed by atoms with Crippen LogP contribution in [0.15, 0.2) is 18.2 Å². The molecule has 0 heterocycles. The molecule has 1 aromatic carbocycles. The third kappa shape index (κ3) is 3.41. The molecule has 0 radical (unpaired) electrons. The average molecular weight is 245 g/mol. The van der Waals surface area contributed by atoms with E-state index >= 15 is 0 Å². The minimum Gasteiger partial charge on any atom is -0.462 e. The summed E-state index contributed by atoms with van der Waals surface area (Å²) in [6.07, 6.45) is 0. The Kier molecular flexibility index (Phi) is 5.88. The van der Waals surface area contributed by atoms with E-state index in [1.54, 1.807) is 6.92 Å². The van der Waals surface area contributed by atoms with E-state index in [1.165, 1.54) is 18.2 Å². The van der Waals surface area contributed by atoms with Gasteiger partial charge in [-0.05, 0) is 19.1 Å². The smallest absolute Gasteiger partial charge is 0.462 e. The first kappa shape index (κ1) is 14.8. The molecule has 0 atom stereocenters. The van der Waals surface area contributed by atoms with Crippen molar-refractivity contribution >= 4 is 36.6 Å². The summed E-state index contributed by atoms with van der Waals surface area (Å²) in [4.78, 5) is 11.3. The lowest BCUT2D eigenvalue weighted by Crippen LogP contribution is -2.32. The number of halogens is 1. The Morgan fingerprint density at radius 1 is 1.50 bits per heavy atom. The number of hydrogen-bond acceptors (Lipinski definition) is 5. The number of benzene rings is 1. The summed E-state index contributed by atoms with van der Waals surface area (Å²) in [6.45, 7) is 1.98.